The monoisotopic (exact) mass is 315 g/mol. The Bertz CT molecular complexity index is 244. The van der Waals surface area contributed by atoms with Crippen LogP contribution in [0.3, 0.4) is 0 Å². The predicted octanol–water partition coefficient (Wildman–Crippen LogP) is 3.93. The van der Waals surface area contributed by atoms with E-state index in [0.717, 1.165) is 51.4 Å². The minimum atomic E-state index is 0.137. The van der Waals surface area contributed by atoms with Gasteiger partial charge in [0, 0.05) is 26.2 Å². The normalized spacial score (nSPS) is 11.1. The van der Waals surface area contributed by atoms with Gasteiger partial charge in [-0.2, -0.15) is 0 Å². The van der Waals surface area contributed by atoms with Crippen LogP contribution in [0.5, 0.6) is 0 Å². The third-order valence-electron chi connectivity index (χ3n) is 3.55. The standard InChI is InChI=1S/C18H37NO3/c1-4-18(20)19-12-8-6-10-14-22-16-15-21-13-9-5-7-11-17(2)3/h17H,4-16H2,1-3H3,(H,19,20). The Kier molecular flexibility index (Phi) is 16.3. The lowest BCUT2D eigenvalue weighted by Crippen LogP contribution is -2.23. The highest BCUT2D eigenvalue weighted by atomic mass is 16.5. The minimum absolute atomic E-state index is 0.137. The summed E-state index contributed by atoms with van der Waals surface area (Å²) in [5.74, 6) is 0.954. The maximum atomic E-state index is 11.0. The number of carbonyl (C=O) groups is 1. The average Bonchev–Trinajstić information content (AvgIpc) is 2.50. The number of carbonyl (C=O) groups excluding carboxylic acids is 1. The van der Waals surface area contributed by atoms with E-state index in [1.165, 1.54) is 19.3 Å². The van der Waals surface area contributed by atoms with Crippen LogP contribution in [0.25, 0.3) is 0 Å². The summed E-state index contributed by atoms with van der Waals surface area (Å²) in [4.78, 5) is 11.0. The molecule has 4 nitrogen and oxygen atoms in total. The molecule has 0 unspecified atom stereocenters. The van der Waals surface area contributed by atoms with Crippen molar-refractivity contribution in [3.8, 4) is 0 Å². The second-order valence-corrected chi connectivity index (χ2v) is 6.23. The predicted molar refractivity (Wildman–Crippen MR) is 92.1 cm³/mol. The van der Waals surface area contributed by atoms with E-state index < -0.39 is 0 Å². The van der Waals surface area contributed by atoms with Crippen molar-refractivity contribution < 1.29 is 14.3 Å². The van der Waals surface area contributed by atoms with Crippen LogP contribution >= 0.6 is 0 Å². The van der Waals surface area contributed by atoms with Gasteiger partial charge in [0.2, 0.25) is 5.91 Å². The van der Waals surface area contributed by atoms with Crippen LogP contribution < -0.4 is 5.32 Å². The zero-order valence-corrected chi connectivity index (χ0v) is 15.0. The van der Waals surface area contributed by atoms with Gasteiger partial charge in [0.05, 0.1) is 13.2 Å². The molecule has 1 N–H and O–H groups in total. The van der Waals surface area contributed by atoms with Crippen LogP contribution in [0.15, 0.2) is 0 Å². The Morgan fingerprint density at radius 2 is 1.45 bits per heavy atom. The topological polar surface area (TPSA) is 47.6 Å². The highest BCUT2D eigenvalue weighted by Gasteiger charge is 1.96. The smallest absolute Gasteiger partial charge is 0.219 e. The molecule has 0 aliphatic rings. The molecule has 0 saturated heterocycles. The molecule has 0 aromatic carbocycles. The molecule has 0 rings (SSSR count). The first kappa shape index (κ1) is 21.4. The number of amides is 1. The van der Waals surface area contributed by atoms with E-state index in [9.17, 15) is 4.79 Å². The van der Waals surface area contributed by atoms with Crippen molar-refractivity contribution in [2.75, 3.05) is 33.0 Å². The number of hydrogen-bond acceptors (Lipinski definition) is 3. The van der Waals surface area contributed by atoms with Crippen LogP contribution in [0.4, 0.5) is 0 Å². The quantitative estimate of drug-likeness (QED) is 0.439. The van der Waals surface area contributed by atoms with E-state index in [2.05, 4.69) is 19.2 Å². The Labute approximate surface area is 137 Å². The maximum Gasteiger partial charge on any atom is 0.219 e. The minimum Gasteiger partial charge on any atom is -0.379 e. The molecular formula is C18H37NO3. The van der Waals surface area contributed by atoms with Crippen molar-refractivity contribution in [3.63, 3.8) is 0 Å². The SMILES string of the molecule is CCC(=O)NCCCCCOCCOCCCCCC(C)C. The number of unbranched alkanes of at least 4 members (excludes halogenated alkanes) is 4. The summed E-state index contributed by atoms with van der Waals surface area (Å²) in [7, 11) is 0. The van der Waals surface area contributed by atoms with Crippen molar-refractivity contribution in [2.45, 2.75) is 72.1 Å². The summed E-state index contributed by atoms with van der Waals surface area (Å²) in [6, 6.07) is 0. The Balaban J connectivity index is 3.01. The summed E-state index contributed by atoms with van der Waals surface area (Å²) < 4.78 is 11.1. The molecule has 1 amide bonds. The Hall–Kier alpha value is -0.610. The molecule has 0 heterocycles. The van der Waals surface area contributed by atoms with Gasteiger partial charge in [0.25, 0.3) is 0 Å². The lowest BCUT2D eigenvalue weighted by molar-refractivity contribution is -0.120. The first-order chi connectivity index (χ1) is 10.7. The second kappa shape index (κ2) is 16.8. The van der Waals surface area contributed by atoms with Gasteiger partial charge in [0.15, 0.2) is 0 Å². The van der Waals surface area contributed by atoms with Crippen LogP contribution in [-0.2, 0) is 14.3 Å². The van der Waals surface area contributed by atoms with Gasteiger partial charge in [0.1, 0.15) is 0 Å². The molecule has 0 atom stereocenters. The van der Waals surface area contributed by atoms with E-state index in [0.29, 0.717) is 19.6 Å². The fourth-order valence-electron chi connectivity index (χ4n) is 2.11. The number of ether oxygens (including phenoxy) is 2. The highest BCUT2D eigenvalue weighted by molar-refractivity contribution is 5.75. The van der Waals surface area contributed by atoms with Crippen molar-refractivity contribution in [2.24, 2.45) is 5.92 Å². The molecule has 0 radical (unpaired) electrons. The lowest BCUT2D eigenvalue weighted by Gasteiger charge is -2.07. The van der Waals surface area contributed by atoms with Crippen LogP contribution in [-0.4, -0.2) is 38.9 Å². The third kappa shape index (κ3) is 17.4. The molecule has 0 aliphatic carbocycles. The Morgan fingerprint density at radius 1 is 0.864 bits per heavy atom. The number of rotatable bonds is 16. The van der Waals surface area contributed by atoms with E-state index in [-0.39, 0.29) is 5.91 Å². The molecule has 0 aromatic heterocycles. The molecule has 0 bridgehead atoms. The molecular weight excluding hydrogens is 278 g/mol. The largest absolute Gasteiger partial charge is 0.379 e. The molecule has 22 heavy (non-hydrogen) atoms. The second-order valence-electron chi connectivity index (χ2n) is 6.23. The van der Waals surface area contributed by atoms with Gasteiger partial charge in [-0.15, -0.1) is 0 Å². The van der Waals surface area contributed by atoms with E-state index in [4.69, 9.17) is 9.47 Å². The van der Waals surface area contributed by atoms with Crippen LogP contribution in [0.2, 0.25) is 0 Å². The summed E-state index contributed by atoms with van der Waals surface area (Å²) in [5, 5.41) is 2.88. The summed E-state index contributed by atoms with van der Waals surface area (Å²) in [5.41, 5.74) is 0. The van der Waals surface area contributed by atoms with Gasteiger partial charge in [-0.3, -0.25) is 4.79 Å². The lowest BCUT2D eigenvalue weighted by atomic mass is 10.1. The van der Waals surface area contributed by atoms with Gasteiger partial charge in [-0.25, -0.2) is 0 Å². The van der Waals surface area contributed by atoms with Crippen molar-refractivity contribution in [3.05, 3.63) is 0 Å². The molecule has 0 saturated carbocycles. The fraction of sp³-hybridized carbons (Fsp3) is 0.944. The average molecular weight is 315 g/mol. The summed E-state index contributed by atoms with van der Waals surface area (Å²) in [6.45, 7) is 10.3. The maximum absolute atomic E-state index is 11.0. The number of hydrogen-bond donors (Lipinski definition) is 1. The fourth-order valence-corrected chi connectivity index (χ4v) is 2.11. The van der Waals surface area contributed by atoms with Crippen LogP contribution in [0.1, 0.15) is 72.1 Å². The van der Waals surface area contributed by atoms with Gasteiger partial charge < -0.3 is 14.8 Å². The van der Waals surface area contributed by atoms with Gasteiger partial charge >= 0.3 is 0 Å². The zero-order chi connectivity index (χ0) is 16.5. The third-order valence-corrected chi connectivity index (χ3v) is 3.55. The molecule has 0 aromatic rings. The van der Waals surface area contributed by atoms with Crippen molar-refractivity contribution >= 4 is 5.91 Å². The zero-order valence-electron chi connectivity index (χ0n) is 15.0. The summed E-state index contributed by atoms with van der Waals surface area (Å²) in [6.07, 6.45) is 8.83. The van der Waals surface area contributed by atoms with E-state index in [1.807, 2.05) is 6.92 Å². The molecule has 0 spiro atoms. The van der Waals surface area contributed by atoms with E-state index >= 15 is 0 Å². The molecule has 0 fully saturated rings. The highest BCUT2D eigenvalue weighted by Crippen LogP contribution is 2.07. The molecule has 0 aliphatic heterocycles. The van der Waals surface area contributed by atoms with Gasteiger partial charge in [-0.05, 0) is 31.6 Å². The molecule has 4 heteroatoms. The summed E-state index contributed by atoms with van der Waals surface area (Å²) >= 11 is 0. The van der Waals surface area contributed by atoms with Crippen molar-refractivity contribution in [1.82, 2.24) is 5.32 Å². The molecule has 132 valence electrons. The first-order valence-electron chi connectivity index (χ1n) is 9.09. The van der Waals surface area contributed by atoms with E-state index in [1.54, 1.807) is 0 Å². The number of nitrogens with one attached hydrogen (secondary N) is 1. The van der Waals surface area contributed by atoms with Crippen molar-refractivity contribution in [1.29, 1.82) is 0 Å². The van der Waals surface area contributed by atoms with Gasteiger partial charge in [-0.1, -0.05) is 40.0 Å². The Morgan fingerprint density at radius 3 is 2.00 bits per heavy atom. The first-order valence-corrected chi connectivity index (χ1v) is 9.09. The van der Waals surface area contributed by atoms with Crippen LogP contribution in [0, 0.1) is 5.92 Å².